The number of benzene rings is 1. The molecule has 27 heavy (non-hydrogen) atoms. The van der Waals surface area contributed by atoms with Crippen molar-refractivity contribution in [1.29, 1.82) is 0 Å². The fourth-order valence-electron chi connectivity index (χ4n) is 3.52. The van der Waals surface area contributed by atoms with E-state index in [-0.39, 0.29) is 18.5 Å². The Morgan fingerprint density at radius 2 is 2.00 bits per heavy atom. The van der Waals surface area contributed by atoms with Gasteiger partial charge in [0.1, 0.15) is 0 Å². The summed E-state index contributed by atoms with van der Waals surface area (Å²) in [6, 6.07) is 11.9. The Bertz CT molecular complexity index is 878. The minimum absolute atomic E-state index is 0.0956. The van der Waals surface area contributed by atoms with E-state index in [0.29, 0.717) is 13.1 Å². The summed E-state index contributed by atoms with van der Waals surface area (Å²) in [6.45, 7) is 2.91. The molecule has 2 heterocycles. The summed E-state index contributed by atoms with van der Waals surface area (Å²) in [4.78, 5) is 16.3. The molecule has 1 aliphatic heterocycles. The molecule has 0 unspecified atom stereocenters. The average molecular weight is 407 g/mol. The molecule has 1 aliphatic rings. The van der Waals surface area contributed by atoms with Gasteiger partial charge in [-0.05, 0) is 35.4 Å². The topological polar surface area (TPSA) is 57.7 Å². The molecule has 0 fully saturated rings. The van der Waals surface area contributed by atoms with Gasteiger partial charge in [0.2, 0.25) is 15.9 Å². The average Bonchev–Trinajstić information content (AvgIpc) is 3.12. The molecule has 0 N–H and O–H groups in total. The second-order valence-electron chi connectivity index (χ2n) is 6.90. The summed E-state index contributed by atoms with van der Waals surface area (Å²) in [5.41, 5.74) is 2.22. The molecule has 1 atom stereocenters. The number of hydrogen-bond donors (Lipinski definition) is 0. The third-order valence-electron chi connectivity index (χ3n) is 4.94. The zero-order chi connectivity index (χ0) is 19.4. The van der Waals surface area contributed by atoms with Crippen molar-refractivity contribution < 1.29 is 13.2 Å². The molecular formula is C20H26N2O3S2. The largest absolute Gasteiger partial charge is 0.330 e. The molecule has 5 nitrogen and oxygen atoms in total. The summed E-state index contributed by atoms with van der Waals surface area (Å²) in [7, 11) is -3.41. The summed E-state index contributed by atoms with van der Waals surface area (Å²) < 4.78 is 25.6. The number of fused-ring (bicyclic) bond motifs is 1. The number of sulfonamides is 1. The number of nitrogens with zero attached hydrogens (tertiary/aromatic N) is 2. The number of rotatable bonds is 7. The monoisotopic (exact) mass is 406 g/mol. The Morgan fingerprint density at radius 3 is 2.67 bits per heavy atom. The Hall–Kier alpha value is -1.70. The van der Waals surface area contributed by atoms with Crippen LogP contribution >= 0.6 is 11.3 Å². The van der Waals surface area contributed by atoms with Gasteiger partial charge in [-0.25, -0.2) is 8.42 Å². The van der Waals surface area contributed by atoms with Crippen molar-refractivity contribution in [2.24, 2.45) is 0 Å². The van der Waals surface area contributed by atoms with E-state index in [1.54, 1.807) is 11.3 Å². The first kappa shape index (κ1) is 20.0. The lowest BCUT2D eigenvalue weighted by Gasteiger charge is -2.37. The highest BCUT2D eigenvalue weighted by atomic mass is 32.2. The minimum atomic E-state index is -3.41. The van der Waals surface area contributed by atoms with Gasteiger partial charge >= 0.3 is 0 Å². The number of thiophene rings is 1. The fraction of sp³-hybridized carbons (Fsp3) is 0.450. The highest BCUT2D eigenvalue weighted by molar-refractivity contribution is 7.88. The highest BCUT2D eigenvalue weighted by Gasteiger charge is 2.34. The maximum Gasteiger partial charge on any atom is 0.238 e. The fourth-order valence-corrected chi connectivity index (χ4v) is 5.23. The summed E-state index contributed by atoms with van der Waals surface area (Å²) in [5, 5.41) is 2.07. The number of unbranched alkanes of at least 4 members (excludes halogenated alkanes) is 1. The Morgan fingerprint density at radius 1 is 1.26 bits per heavy atom. The highest BCUT2D eigenvalue weighted by Crippen LogP contribution is 2.37. The van der Waals surface area contributed by atoms with E-state index in [2.05, 4.69) is 11.4 Å². The van der Waals surface area contributed by atoms with Crippen molar-refractivity contribution in [1.82, 2.24) is 9.21 Å². The molecule has 1 aromatic carbocycles. The second-order valence-corrected chi connectivity index (χ2v) is 9.88. The van der Waals surface area contributed by atoms with E-state index >= 15 is 0 Å². The van der Waals surface area contributed by atoms with Gasteiger partial charge in [0.05, 0.1) is 18.8 Å². The molecule has 7 heteroatoms. The van der Waals surface area contributed by atoms with Crippen LogP contribution in [0.15, 0.2) is 41.8 Å². The van der Waals surface area contributed by atoms with Crippen LogP contribution in [0.2, 0.25) is 0 Å². The van der Waals surface area contributed by atoms with E-state index in [0.717, 1.165) is 30.4 Å². The van der Waals surface area contributed by atoms with Gasteiger partial charge in [0, 0.05) is 18.0 Å². The molecule has 0 aliphatic carbocycles. The first-order valence-electron chi connectivity index (χ1n) is 9.27. The molecule has 0 radical (unpaired) electrons. The molecule has 2 aromatic rings. The van der Waals surface area contributed by atoms with Crippen molar-refractivity contribution in [3.05, 3.63) is 57.8 Å². The number of hydrogen-bond acceptors (Lipinski definition) is 4. The molecule has 0 saturated carbocycles. The van der Waals surface area contributed by atoms with Crippen molar-refractivity contribution in [2.45, 2.75) is 32.2 Å². The Balaban J connectivity index is 1.88. The van der Waals surface area contributed by atoms with E-state index in [9.17, 15) is 13.2 Å². The SMILES string of the molecule is CCCCN(CC(=O)N1CCc2sccc2[C@H]1c1ccccc1)S(C)(=O)=O. The van der Waals surface area contributed by atoms with Crippen LogP contribution in [0.1, 0.15) is 41.8 Å². The zero-order valence-electron chi connectivity index (χ0n) is 15.8. The standard InChI is InChI=1S/C20H26N2O3S2/c1-3-4-12-21(27(2,24)25)15-19(23)22-13-10-18-17(11-14-26-18)20(22)16-8-6-5-7-9-16/h5-9,11,14,20H,3-4,10,12-13,15H2,1-2H3/t20-/m1/s1. The van der Waals surface area contributed by atoms with Crippen LogP contribution in [-0.2, 0) is 21.2 Å². The molecule has 1 amide bonds. The number of carbonyl (C=O) groups excluding carboxylic acids is 1. The minimum Gasteiger partial charge on any atom is -0.330 e. The van der Waals surface area contributed by atoms with Crippen LogP contribution in [0.4, 0.5) is 0 Å². The quantitative estimate of drug-likeness (QED) is 0.709. The second kappa shape index (κ2) is 8.54. The first-order chi connectivity index (χ1) is 12.9. The number of carbonyl (C=O) groups is 1. The molecule has 3 rings (SSSR count). The van der Waals surface area contributed by atoms with Gasteiger partial charge in [0.15, 0.2) is 0 Å². The van der Waals surface area contributed by atoms with Crippen LogP contribution in [0.25, 0.3) is 0 Å². The summed E-state index contributed by atoms with van der Waals surface area (Å²) >= 11 is 1.72. The smallest absolute Gasteiger partial charge is 0.238 e. The van der Waals surface area contributed by atoms with Crippen molar-refractivity contribution in [2.75, 3.05) is 25.9 Å². The van der Waals surface area contributed by atoms with Crippen molar-refractivity contribution in [3.8, 4) is 0 Å². The van der Waals surface area contributed by atoms with E-state index in [4.69, 9.17) is 0 Å². The normalized spacial score (nSPS) is 17.1. The predicted octanol–water partition coefficient (Wildman–Crippen LogP) is 3.28. The molecule has 0 spiro atoms. The summed E-state index contributed by atoms with van der Waals surface area (Å²) in [5.74, 6) is -0.137. The van der Waals surface area contributed by atoms with Crippen LogP contribution in [0.5, 0.6) is 0 Å². The van der Waals surface area contributed by atoms with Crippen LogP contribution in [0.3, 0.4) is 0 Å². The summed E-state index contributed by atoms with van der Waals surface area (Å²) in [6.07, 6.45) is 3.62. The van der Waals surface area contributed by atoms with Gasteiger partial charge in [-0.15, -0.1) is 11.3 Å². The van der Waals surface area contributed by atoms with Crippen LogP contribution in [-0.4, -0.2) is 49.4 Å². The lowest BCUT2D eigenvalue weighted by atomic mass is 9.93. The van der Waals surface area contributed by atoms with E-state index in [1.807, 2.05) is 42.2 Å². The van der Waals surface area contributed by atoms with Gasteiger partial charge in [-0.3, -0.25) is 4.79 Å². The maximum atomic E-state index is 13.2. The van der Waals surface area contributed by atoms with E-state index < -0.39 is 10.0 Å². The van der Waals surface area contributed by atoms with E-state index in [1.165, 1.54) is 15.4 Å². The lowest BCUT2D eigenvalue weighted by molar-refractivity contribution is -0.133. The molecular weight excluding hydrogens is 380 g/mol. The van der Waals surface area contributed by atoms with Gasteiger partial charge < -0.3 is 4.90 Å². The van der Waals surface area contributed by atoms with Crippen LogP contribution < -0.4 is 0 Å². The predicted molar refractivity (Wildman–Crippen MR) is 109 cm³/mol. The van der Waals surface area contributed by atoms with Crippen molar-refractivity contribution >= 4 is 27.3 Å². The lowest BCUT2D eigenvalue weighted by Crippen LogP contribution is -2.46. The molecule has 1 aromatic heterocycles. The van der Waals surface area contributed by atoms with Gasteiger partial charge in [0.25, 0.3) is 0 Å². The first-order valence-corrected chi connectivity index (χ1v) is 12.0. The third-order valence-corrected chi connectivity index (χ3v) is 7.19. The Kier molecular flexibility index (Phi) is 6.34. The zero-order valence-corrected chi connectivity index (χ0v) is 17.4. The molecule has 0 saturated heterocycles. The van der Waals surface area contributed by atoms with Crippen LogP contribution in [0, 0.1) is 0 Å². The third kappa shape index (κ3) is 4.59. The van der Waals surface area contributed by atoms with Gasteiger partial charge in [-0.2, -0.15) is 4.31 Å². The number of amides is 1. The Labute approximate surface area is 165 Å². The van der Waals surface area contributed by atoms with Crippen molar-refractivity contribution in [3.63, 3.8) is 0 Å². The maximum absolute atomic E-state index is 13.2. The molecule has 146 valence electrons. The molecule has 0 bridgehead atoms. The van der Waals surface area contributed by atoms with Gasteiger partial charge in [-0.1, -0.05) is 43.7 Å².